The first-order chi connectivity index (χ1) is 34.2. The Morgan fingerprint density at radius 3 is 1.05 bits per heavy atom. The van der Waals surface area contributed by atoms with E-state index in [0.29, 0.717) is 72.6 Å². The van der Waals surface area contributed by atoms with Gasteiger partial charge in [0.2, 0.25) is 23.3 Å². The van der Waals surface area contributed by atoms with Crippen molar-refractivity contribution < 1.29 is 110 Å². The van der Waals surface area contributed by atoms with E-state index in [9.17, 15) is 47.0 Å². The Morgan fingerprint density at radius 2 is 0.740 bits per heavy atom. The molecule has 0 saturated heterocycles. The number of nitrogens with two attached hydrogens (primary N) is 1. The van der Waals surface area contributed by atoms with E-state index in [2.05, 4.69) is 16.0 Å². The molecule has 0 aliphatic rings. The van der Waals surface area contributed by atoms with Gasteiger partial charge in [0.25, 0.3) is 21.7 Å². The van der Waals surface area contributed by atoms with Crippen LogP contribution in [-0.2, 0) is 56.3 Å². The standard InChI is InChI=1S/C18H32N2O13P2.C12H28N2O10P2.C8H10O4/c1-2-33-18-15(16(22)17(18)23)20-6-8-31-10-12-32-11-9-30-7-5-19-13(21)3-4-14(34(24,25)26)35(27,28)29;13-3-5-22-7-9-24-10-8-23-6-4-14-11(15)1-2-12(25(16,17)18)26(19,20)21;1-3-11-7-5(9)6(10)8(7)12-4-2/h14,20H,2-12H2,1H3,(H,19,21)(H2,24,25,26)(H2,27,28,29);12H,1-10,13H2,(H,14,15)(H2,16,17,18)(H2,19,20,21);3-4H2,1-2H3. The zero-order valence-corrected chi connectivity index (χ0v) is 44.2. The van der Waals surface area contributed by atoms with Gasteiger partial charge in [-0.3, -0.25) is 47.0 Å². The summed E-state index contributed by atoms with van der Waals surface area (Å²) in [6.45, 7) is 10.9. The van der Waals surface area contributed by atoms with Crippen molar-refractivity contribution in [2.24, 2.45) is 5.73 Å². The lowest BCUT2D eigenvalue weighted by Gasteiger charge is -2.19. The monoisotopic (exact) mass is 1140 g/mol. The third kappa shape index (κ3) is 30.1. The first-order valence-electron chi connectivity index (χ1n) is 22.4. The molecule has 0 atom stereocenters. The van der Waals surface area contributed by atoms with E-state index in [0.717, 1.165) is 0 Å². The van der Waals surface area contributed by atoms with Gasteiger partial charge in [-0.2, -0.15) is 0 Å². The van der Waals surface area contributed by atoms with Crippen LogP contribution in [0.4, 0.5) is 5.69 Å². The number of ether oxygens (including phenoxy) is 9. The topological polar surface area (TPSA) is 478 Å². The van der Waals surface area contributed by atoms with Crippen molar-refractivity contribution in [3.8, 4) is 17.2 Å². The first kappa shape index (κ1) is 69.6. The van der Waals surface area contributed by atoms with Crippen LogP contribution in [0.1, 0.15) is 46.5 Å². The largest absolute Gasteiger partial charge is 0.488 e. The second-order valence-corrected chi connectivity index (χ2v) is 22.5. The molecule has 73 heavy (non-hydrogen) atoms. The summed E-state index contributed by atoms with van der Waals surface area (Å²) in [6.07, 6.45) is -2.16. The quantitative estimate of drug-likeness (QED) is 0.0185. The van der Waals surface area contributed by atoms with Crippen molar-refractivity contribution in [2.45, 2.75) is 57.3 Å². The molecule has 2 aromatic rings. The van der Waals surface area contributed by atoms with Crippen LogP contribution in [0.25, 0.3) is 0 Å². The van der Waals surface area contributed by atoms with Crippen LogP contribution in [-0.4, -0.2) is 187 Å². The number of anilines is 1. The SMILES string of the molecule is CCOc1c(NCCOCCOCCOCCNC(=O)CCC(P(=O)(O)O)P(=O)(O)O)c(=O)c1=O.CCOc1c(OCC)c(=O)c1=O.NCCOCCOCCOCCNC(=O)CCC(P(=O)(O)O)P(=O)(O)O. The maximum atomic E-state index is 11.7. The minimum absolute atomic E-state index is 0.0498. The van der Waals surface area contributed by atoms with Crippen LogP contribution in [0.15, 0.2) is 19.2 Å². The van der Waals surface area contributed by atoms with Crippen molar-refractivity contribution in [2.75, 3.05) is 131 Å². The first-order valence-corrected chi connectivity index (χ1v) is 29.1. The summed E-state index contributed by atoms with van der Waals surface area (Å²) >= 11 is 0. The Labute approximate surface area is 419 Å². The normalized spacial score (nSPS) is 12.0. The lowest BCUT2D eigenvalue weighted by atomic mass is 10.2. The molecule has 0 bridgehead atoms. The number of amides is 2. The number of nitrogens with one attached hydrogen (secondary N) is 3. The van der Waals surface area contributed by atoms with E-state index in [-0.39, 0.29) is 75.7 Å². The summed E-state index contributed by atoms with van der Waals surface area (Å²) in [6, 6.07) is 0. The fraction of sp³-hybridized carbons (Fsp3) is 0.737. The molecule has 2 aromatic carbocycles. The predicted molar refractivity (Wildman–Crippen MR) is 259 cm³/mol. The Bertz CT molecular complexity index is 2150. The molecule has 0 aliphatic heterocycles. The van der Waals surface area contributed by atoms with E-state index >= 15 is 0 Å². The van der Waals surface area contributed by atoms with Gasteiger partial charge in [0.05, 0.1) is 99.1 Å². The molecule has 31 nitrogen and oxygen atoms in total. The summed E-state index contributed by atoms with van der Waals surface area (Å²) in [5.41, 5.74) is 3.00. The van der Waals surface area contributed by atoms with Crippen LogP contribution in [0, 0.1) is 0 Å². The zero-order valence-electron chi connectivity index (χ0n) is 40.6. The highest BCUT2D eigenvalue weighted by molar-refractivity contribution is 7.71. The number of hydrogen-bond donors (Lipinski definition) is 12. The molecular formula is C38H70N4O27P4. The molecule has 0 aliphatic carbocycles. The van der Waals surface area contributed by atoms with Crippen LogP contribution in [0.2, 0.25) is 0 Å². The highest BCUT2D eigenvalue weighted by Crippen LogP contribution is 2.62. The molecule has 35 heteroatoms. The van der Waals surface area contributed by atoms with E-state index in [1.54, 1.807) is 20.8 Å². The van der Waals surface area contributed by atoms with Crippen molar-refractivity contribution >= 4 is 47.9 Å². The Balaban J connectivity index is 0.00000119. The van der Waals surface area contributed by atoms with Gasteiger partial charge in [-0.25, -0.2) is 0 Å². The highest BCUT2D eigenvalue weighted by atomic mass is 31.2. The van der Waals surface area contributed by atoms with Gasteiger partial charge in [0.15, 0.2) is 16.5 Å². The predicted octanol–water partition coefficient (Wildman–Crippen LogP) is -2.63. The van der Waals surface area contributed by atoms with Crippen LogP contribution in [0.3, 0.4) is 0 Å². The van der Waals surface area contributed by atoms with Crippen LogP contribution < -0.4 is 57.6 Å². The second kappa shape index (κ2) is 37.4. The Kier molecular flexibility index (Phi) is 35.6. The smallest absolute Gasteiger partial charge is 0.340 e. The molecule has 0 saturated carbocycles. The van der Waals surface area contributed by atoms with Crippen molar-refractivity contribution in [1.29, 1.82) is 0 Å². The summed E-state index contributed by atoms with van der Waals surface area (Å²) in [5, 5.41) is 3.25. The zero-order chi connectivity index (χ0) is 55.7. The van der Waals surface area contributed by atoms with E-state index in [4.69, 9.17) is 87.5 Å². The fourth-order valence-corrected chi connectivity index (χ4v) is 10.4. The molecule has 0 radical (unpaired) electrons. The van der Waals surface area contributed by atoms with Crippen molar-refractivity contribution in [3.63, 3.8) is 0 Å². The molecule has 13 N–H and O–H groups in total. The van der Waals surface area contributed by atoms with Crippen molar-refractivity contribution in [3.05, 3.63) is 40.9 Å². The average Bonchev–Trinajstić information content (AvgIpc) is 3.30. The third-order valence-corrected chi connectivity index (χ3v) is 16.6. The summed E-state index contributed by atoms with van der Waals surface area (Å²) in [5.74, 6) is -1.02. The number of rotatable bonds is 40. The Hall–Kier alpha value is -3.38. The van der Waals surface area contributed by atoms with Gasteiger partial charge in [-0.15, -0.1) is 0 Å². The Morgan fingerprint density at radius 1 is 0.452 bits per heavy atom. The van der Waals surface area contributed by atoms with Gasteiger partial charge < -0.3 is 103 Å². The molecule has 0 aromatic heterocycles. The number of hydrogen-bond acceptors (Lipinski definition) is 21. The van der Waals surface area contributed by atoms with Crippen LogP contribution >= 0.6 is 30.4 Å². The molecule has 0 fully saturated rings. The lowest BCUT2D eigenvalue weighted by Crippen LogP contribution is -2.36. The summed E-state index contributed by atoms with van der Waals surface area (Å²) in [7, 11) is -20.1. The minimum atomic E-state index is -5.05. The van der Waals surface area contributed by atoms with E-state index in [1.807, 2.05) is 0 Å². The number of carbonyl (C=O) groups excluding carboxylic acids is 2. The van der Waals surface area contributed by atoms with Gasteiger partial charge in [0.1, 0.15) is 5.69 Å². The van der Waals surface area contributed by atoms with Gasteiger partial charge in [-0.1, -0.05) is 0 Å². The maximum Gasteiger partial charge on any atom is 0.340 e. The molecule has 2 amide bonds. The maximum absolute atomic E-state index is 11.7. The fourth-order valence-electron chi connectivity index (χ4n) is 5.42. The second-order valence-electron chi connectivity index (χ2n) is 14.5. The summed E-state index contributed by atoms with van der Waals surface area (Å²) < 4.78 is 90.7. The average molecular weight is 1140 g/mol. The van der Waals surface area contributed by atoms with Crippen molar-refractivity contribution in [1.82, 2.24) is 10.6 Å². The molecule has 0 unspecified atom stereocenters. The number of carbonyl (C=O) groups is 2. The van der Waals surface area contributed by atoms with Gasteiger partial charge in [-0.05, 0) is 33.6 Å². The van der Waals surface area contributed by atoms with Gasteiger partial charge in [0, 0.05) is 39.0 Å². The van der Waals surface area contributed by atoms with Gasteiger partial charge >= 0.3 is 30.4 Å². The summed E-state index contributed by atoms with van der Waals surface area (Å²) in [4.78, 5) is 139. The lowest BCUT2D eigenvalue weighted by molar-refractivity contribution is -0.122. The van der Waals surface area contributed by atoms with E-state index in [1.165, 1.54) is 0 Å². The molecule has 424 valence electrons. The van der Waals surface area contributed by atoms with Crippen LogP contribution in [0.5, 0.6) is 17.2 Å². The third-order valence-electron chi connectivity index (χ3n) is 8.81. The van der Waals surface area contributed by atoms with E-state index < -0.39 is 100 Å². The molecule has 0 spiro atoms. The molecular weight excluding hydrogens is 1070 g/mol. The molecule has 2 rings (SSSR count). The molecule has 0 heterocycles. The minimum Gasteiger partial charge on any atom is -0.488 e. The highest BCUT2D eigenvalue weighted by Gasteiger charge is 2.44.